The molecule has 1 heterocycles. The third kappa shape index (κ3) is 6.27. The zero-order valence-corrected chi connectivity index (χ0v) is 16.7. The van der Waals surface area contributed by atoms with Gasteiger partial charge in [0.2, 0.25) is 0 Å². The summed E-state index contributed by atoms with van der Waals surface area (Å²) in [5.74, 6) is 0.360. The van der Waals surface area contributed by atoms with Crippen molar-refractivity contribution in [3.8, 4) is 0 Å². The maximum Gasteiger partial charge on any atom is 0.279 e. The van der Waals surface area contributed by atoms with E-state index in [0.717, 1.165) is 32.6 Å². The van der Waals surface area contributed by atoms with Crippen molar-refractivity contribution in [1.82, 2.24) is 5.32 Å². The van der Waals surface area contributed by atoms with Gasteiger partial charge in [-0.15, -0.1) is 0 Å². The molecule has 4 N–H and O–H groups in total. The minimum atomic E-state index is -0.315. The number of carbonyl (C=O) groups is 2. The van der Waals surface area contributed by atoms with Gasteiger partial charge in [0.25, 0.3) is 11.8 Å². The van der Waals surface area contributed by atoms with Gasteiger partial charge < -0.3 is 20.4 Å². The smallest absolute Gasteiger partial charge is 0.279 e. The number of amides is 2. The molecule has 0 bridgehead atoms. The summed E-state index contributed by atoms with van der Waals surface area (Å²) in [5.41, 5.74) is 0.615. The molecule has 154 valence electrons. The van der Waals surface area contributed by atoms with Crippen LogP contribution >= 0.6 is 0 Å². The van der Waals surface area contributed by atoms with Crippen LogP contribution in [0.5, 0.6) is 0 Å². The Bertz CT molecular complexity index is 659. The Labute approximate surface area is 166 Å². The van der Waals surface area contributed by atoms with Crippen molar-refractivity contribution in [2.24, 2.45) is 5.92 Å². The molecule has 0 radical (unpaired) electrons. The fourth-order valence-corrected chi connectivity index (χ4v) is 4.29. The second kappa shape index (κ2) is 9.98. The van der Waals surface area contributed by atoms with Crippen LogP contribution in [-0.2, 0) is 9.59 Å². The number of benzene rings is 1. The van der Waals surface area contributed by atoms with Crippen LogP contribution in [0.1, 0.15) is 32.6 Å². The molecule has 6 nitrogen and oxygen atoms in total. The highest BCUT2D eigenvalue weighted by Crippen LogP contribution is 2.23. The largest absolute Gasteiger partial charge is 0.348 e. The summed E-state index contributed by atoms with van der Waals surface area (Å²) in [6.45, 7) is 6.70. The molecule has 3 rings (SSSR count). The average Bonchev–Trinajstić information content (AvgIpc) is 2.67. The van der Waals surface area contributed by atoms with E-state index in [1.807, 2.05) is 0 Å². The van der Waals surface area contributed by atoms with E-state index < -0.39 is 0 Å². The van der Waals surface area contributed by atoms with Gasteiger partial charge in [-0.3, -0.25) is 9.59 Å². The number of quaternary nitrogens is 2. The number of halogens is 1. The van der Waals surface area contributed by atoms with Gasteiger partial charge in [-0.25, -0.2) is 4.39 Å². The van der Waals surface area contributed by atoms with Crippen molar-refractivity contribution in [1.29, 1.82) is 0 Å². The number of carbonyl (C=O) groups excluding carboxylic acids is 2. The summed E-state index contributed by atoms with van der Waals surface area (Å²) in [5, 5.41) is 6.05. The molecule has 1 aliphatic carbocycles. The molecule has 28 heavy (non-hydrogen) atoms. The quantitative estimate of drug-likeness (QED) is 0.514. The number of piperazine rings is 1. The topological polar surface area (TPSA) is 67.1 Å². The van der Waals surface area contributed by atoms with E-state index in [0.29, 0.717) is 30.7 Å². The Kier molecular flexibility index (Phi) is 7.39. The average molecular weight is 393 g/mol. The zero-order chi connectivity index (χ0) is 19.9. The summed E-state index contributed by atoms with van der Waals surface area (Å²) in [7, 11) is 0. The van der Waals surface area contributed by atoms with Crippen molar-refractivity contribution >= 4 is 17.5 Å². The van der Waals surface area contributed by atoms with Crippen molar-refractivity contribution < 1.29 is 23.8 Å². The predicted molar refractivity (Wildman–Crippen MR) is 106 cm³/mol. The van der Waals surface area contributed by atoms with Crippen molar-refractivity contribution in [2.45, 2.75) is 38.6 Å². The highest BCUT2D eigenvalue weighted by atomic mass is 19.1. The molecular weight excluding hydrogens is 359 g/mol. The van der Waals surface area contributed by atoms with Gasteiger partial charge in [-0.2, -0.15) is 0 Å². The Morgan fingerprint density at radius 3 is 2.14 bits per heavy atom. The molecule has 2 amide bonds. The molecule has 1 aromatic rings. The SMILES string of the molecule is C[C@@H]1CCCC[C@H]1NC(=O)C[NH+]1CC[NH+](CC(=O)Nc2ccc(F)cc2)CC1. The first kappa shape index (κ1) is 20.7. The van der Waals surface area contributed by atoms with E-state index in [-0.39, 0.29) is 17.6 Å². The summed E-state index contributed by atoms with van der Waals surface area (Å²) >= 11 is 0. The van der Waals surface area contributed by atoms with Gasteiger partial charge in [0.05, 0.1) is 0 Å². The normalized spacial score (nSPS) is 27.8. The van der Waals surface area contributed by atoms with Crippen LogP contribution in [-0.4, -0.2) is 57.1 Å². The van der Waals surface area contributed by atoms with Gasteiger partial charge in [0.15, 0.2) is 13.1 Å². The lowest BCUT2D eigenvalue weighted by molar-refractivity contribution is -1.00. The van der Waals surface area contributed by atoms with E-state index in [4.69, 9.17) is 0 Å². The van der Waals surface area contributed by atoms with Crippen LogP contribution in [0.2, 0.25) is 0 Å². The first-order valence-corrected chi connectivity index (χ1v) is 10.5. The number of rotatable bonds is 6. The Morgan fingerprint density at radius 1 is 0.964 bits per heavy atom. The standard InChI is InChI=1S/C21H31FN4O2/c1-16-4-2-3-5-19(16)24-21(28)15-26-12-10-25(11-13-26)14-20(27)23-18-8-6-17(22)7-9-18/h6-9,16,19H,2-5,10-15H2,1H3,(H,23,27)(H,24,28)/p+2/t16-,19-/m1/s1. The molecule has 2 aliphatic rings. The third-order valence-corrected chi connectivity index (χ3v) is 6.07. The number of hydrogen-bond donors (Lipinski definition) is 4. The number of hydrogen-bond acceptors (Lipinski definition) is 2. The Hall–Kier alpha value is -1.99. The monoisotopic (exact) mass is 392 g/mol. The maximum absolute atomic E-state index is 12.9. The van der Waals surface area contributed by atoms with Gasteiger partial charge in [0, 0.05) is 11.7 Å². The lowest BCUT2D eigenvalue weighted by atomic mass is 9.86. The van der Waals surface area contributed by atoms with Crippen LogP contribution in [0.4, 0.5) is 10.1 Å². The fourth-order valence-electron chi connectivity index (χ4n) is 4.29. The van der Waals surface area contributed by atoms with E-state index in [1.165, 1.54) is 41.2 Å². The van der Waals surface area contributed by atoms with Gasteiger partial charge in [0.1, 0.15) is 32.0 Å². The first-order valence-electron chi connectivity index (χ1n) is 10.5. The third-order valence-electron chi connectivity index (χ3n) is 6.07. The summed E-state index contributed by atoms with van der Waals surface area (Å²) < 4.78 is 12.9. The van der Waals surface area contributed by atoms with Crippen LogP contribution in [0.3, 0.4) is 0 Å². The molecule has 2 atom stereocenters. The van der Waals surface area contributed by atoms with Crippen LogP contribution in [0.25, 0.3) is 0 Å². The fraction of sp³-hybridized carbons (Fsp3) is 0.619. The molecule has 0 unspecified atom stereocenters. The molecule has 1 saturated carbocycles. The van der Waals surface area contributed by atoms with E-state index >= 15 is 0 Å². The van der Waals surface area contributed by atoms with E-state index in [1.54, 1.807) is 12.1 Å². The van der Waals surface area contributed by atoms with Crippen LogP contribution < -0.4 is 20.4 Å². The van der Waals surface area contributed by atoms with Gasteiger partial charge >= 0.3 is 0 Å². The molecule has 0 aromatic heterocycles. The summed E-state index contributed by atoms with van der Waals surface area (Å²) in [6.07, 6.45) is 4.80. The summed E-state index contributed by atoms with van der Waals surface area (Å²) in [6, 6.07) is 6.14. The second-order valence-electron chi connectivity index (χ2n) is 8.34. The maximum atomic E-state index is 12.9. The van der Waals surface area contributed by atoms with E-state index in [2.05, 4.69) is 17.6 Å². The second-order valence-corrected chi connectivity index (χ2v) is 8.34. The first-order chi connectivity index (χ1) is 13.5. The van der Waals surface area contributed by atoms with Crippen molar-refractivity contribution in [2.75, 3.05) is 44.6 Å². The van der Waals surface area contributed by atoms with Gasteiger partial charge in [-0.1, -0.05) is 19.8 Å². The molecule has 1 saturated heterocycles. The van der Waals surface area contributed by atoms with Crippen LogP contribution in [0, 0.1) is 11.7 Å². The molecule has 1 aliphatic heterocycles. The molecule has 1 aromatic carbocycles. The predicted octanol–water partition coefficient (Wildman–Crippen LogP) is -0.757. The molecular formula is C21H33FN4O2+2. The lowest BCUT2D eigenvalue weighted by Crippen LogP contribution is -3.28. The van der Waals surface area contributed by atoms with Gasteiger partial charge in [-0.05, 0) is 43.0 Å². The number of nitrogens with one attached hydrogen (secondary N) is 4. The minimum absolute atomic E-state index is 0.0610. The highest BCUT2D eigenvalue weighted by Gasteiger charge is 2.28. The Morgan fingerprint density at radius 2 is 1.54 bits per heavy atom. The highest BCUT2D eigenvalue weighted by molar-refractivity contribution is 5.91. The minimum Gasteiger partial charge on any atom is -0.348 e. The zero-order valence-electron chi connectivity index (χ0n) is 16.7. The van der Waals surface area contributed by atoms with Crippen molar-refractivity contribution in [3.63, 3.8) is 0 Å². The molecule has 7 heteroatoms. The Balaban J connectivity index is 1.35. The number of anilines is 1. The molecule has 0 spiro atoms. The van der Waals surface area contributed by atoms with E-state index in [9.17, 15) is 14.0 Å². The van der Waals surface area contributed by atoms with Crippen molar-refractivity contribution in [3.05, 3.63) is 30.1 Å². The lowest BCUT2D eigenvalue weighted by Gasteiger charge is -2.31. The molecule has 2 fully saturated rings. The summed E-state index contributed by atoms with van der Waals surface area (Å²) in [4.78, 5) is 27.1. The van der Waals surface area contributed by atoms with Crippen LogP contribution in [0.15, 0.2) is 24.3 Å².